The summed E-state index contributed by atoms with van der Waals surface area (Å²) in [6.45, 7) is 2.63. The van der Waals surface area contributed by atoms with E-state index in [9.17, 15) is 9.59 Å². The van der Waals surface area contributed by atoms with Gasteiger partial charge in [0.1, 0.15) is 5.69 Å². The number of benzene rings is 1. The van der Waals surface area contributed by atoms with Crippen LogP contribution in [0.2, 0.25) is 0 Å². The van der Waals surface area contributed by atoms with E-state index >= 15 is 0 Å². The van der Waals surface area contributed by atoms with Crippen LogP contribution in [0.15, 0.2) is 42.6 Å². The van der Waals surface area contributed by atoms with Gasteiger partial charge in [0.2, 0.25) is 5.91 Å². The third-order valence-electron chi connectivity index (χ3n) is 4.93. The van der Waals surface area contributed by atoms with E-state index in [4.69, 9.17) is 4.74 Å². The molecule has 1 aromatic carbocycles. The molecule has 3 aromatic rings. The van der Waals surface area contributed by atoms with Gasteiger partial charge in [0.15, 0.2) is 0 Å². The standard InChI is InChI=1S/C21H23N5O3/c1-25-9-7-18(24-25)19-14-16(15-4-2-3-5-17(15)23-19)21(28)22-8-6-20(27)26-10-12-29-13-11-26/h2-5,7,9,14H,6,8,10-13H2,1H3,(H,22,28). The maximum absolute atomic E-state index is 12.9. The Balaban J connectivity index is 1.51. The molecule has 0 atom stereocenters. The molecule has 1 fully saturated rings. The Bertz CT molecular complexity index is 1040. The maximum Gasteiger partial charge on any atom is 0.252 e. The summed E-state index contributed by atoms with van der Waals surface area (Å²) < 4.78 is 6.96. The first-order valence-electron chi connectivity index (χ1n) is 9.65. The second-order valence-electron chi connectivity index (χ2n) is 6.95. The van der Waals surface area contributed by atoms with Crippen molar-refractivity contribution < 1.29 is 14.3 Å². The van der Waals surface area contributed by atoms with Crippen molar-refractivity contribution in [1.29, 1.82) is 0 Å². The maximum atomic E-state index is 12.9. The zero-order chi connectivity index (χ0) is 20.2. The summed E-state index contributed by atoms with van der Waals surface area (Å²) in [4.78, 5) is 31.6. The number of morpholine rings is 1. The Morgan fingerprint density at radius 2 is 1.93 bits per heavy atom. The van der Waals surface area contributed by atoms with Gasteiger partial charge in [-0.2, -0.15) is 5.10 Å². The molecule has 2 amide bonds. The summed E-state index contributed by atoms with van der Waals surface area (Å²) in [5.41, 5.74) is 2.59. The van der Waals surface area contributed by atoms with Gasteiger partial charge in [-0.25, -0.2) is 4.98 Å². The molecule has 0 aliphatic carbocycles. The van der Waals surface area contributed by atoms with Crippen molar-refractivity contribution in [2.24, 2.45) is 7.05 Å². The van der Waals surface area contributed by atoms with E-state index in [2.05, 4.69) is 15.4 Å². The van der Waals surface area contributed by atoms with Crippen LogP contribution in [0.4, 0.5) is 0 Å². The van der Waals surface area contributed by atoms with Gasteiger partial charge in [-0.3, -0.25) is 14.3 Å². The van der Waals surface area contributed by atoms with E-state index in [-0.39, 0.29) is 24.8 Å². The SMILES string of the molecule is Cn1ccc(-c2cc(C(=O)NCCC(=O)N3CCOCC3)c3ccccc3n2)n1. The summed E-state index contributed by atoms with van der Waals surface area (Å²) in [6, 6.07) is 11.1. The third-order valence-corrected chi connectivity index (χ3v) is 4.93. The van der Waals surface area contributed by atoms with Crippen molar-refractivity contribution in [3.05, 3.63) is 48.2 Å². The number of hydrogen-bond acceptors (Lipinski definition) is 5. The lowest BCUT2D eigenvalue weighted by atomic mass is 10.1. The minimum absolute atomic E-state index is 0.0300. The molecule has 3 heterocycles. The van der Waals surface area contributed by atoms with E-state index in [1.165, 1.54) is 0 Å². The number of rotatable bonds is 5. The number of aromatic nitrogens is 3. The summed E-state index contributed by atoms with van der Waals surface area (Å²) in [5, 5.41) is 8.03. The molecule has 0 unspecified atom stereocenters. The van der Waals surface area contributed by atoms with Gasteiger partial charge in [0, 0.05) is 44.7 Å². The quantitative estimate of drug-likeness (QED) is 0.711. The summed E-state index contributed by atoms with van der Waals surface area (Å²) >= 11 is 0. The fraction of sp³-hybridized carbons (Fsp3) is 0.333. The normalized spacial score (nSPS) is 14.2. The largest absolute Gasteiger partial charge is 0.378 e. The number of para-hydroxylation sites is 1. The van der Waals surface area contributed by atoms with Crippen LogP contribution in [-0.2, 0) is 16.6 Å². The molecule has 1 aliphatic heterocycles. The predicted molar refractivity (Wildman–Crippen MR) is 108 cm³/mol. The lowest BCUT2D eigenvalue weighted by molar-refractivity contribution is -0.135. The van der Waals surface area contributed by atoms with E-state index in [1.54, 1.807) is 15.6 Å². The first-order chi connectivity index (χ1) is 14.1. The lowest BCUT2D eigenvalue weighted by Gasteiger charge is -2.26. The van der Waals surface area contributed by atoms with Gasteiger partial charge in [-0.05, 0) is 18.2 Å². The Hall–Kier alpha value is -3.26. The molecule has 2 aromatic heterocycles. The molecule has 4 rings (SSSR count). The number of aryl methyl sites for hydroxylation is 1. The number of nitrogens with one attached hydrogen (secondary N) is 1. The number of ether oxygens (including phenoxy) is 1. The van der Waals surface area contributed by atoms with Crippen LogP contribution in [0.3, 0.4) is 0 Å². The van der Waals surface area contributed by atoms with E-state index in [0.717, 1.165) is 10.9 Å². The molecule has 8 heteroatoms. The molecule has 0 radical (unpaired) electrons. The van der Waals surface area contributed by atoms with Crippen molar-refractivity contribution in [3.8, 4) is 11.4 Å². The van der Waals surface area contributed by atoms with Crippen LogP contribution < -0.4 is 5.32 Å². The van der Waals surface area contributed by atoms with Gasteiger partial charge < -0.3 is 15.0 Å². The minimum Gasteiger partial charge on any atom is -0.378 e. The van der Waals surface area contributed by atoms with Crippen LogP contribution >= 0.6 is 0 Å². The molecule has 1 aliphatic rings. The zero-order valence-corrected chi connectivity index (χ0v) is 16.3. The van der Waals surface area contributed by atoms with Gasteiger partial charge in [0.05, 0.1) is 30.0 Å². The smallest absolute Gasteiger partial charge is 0.252 e. The van der Waals surface area contributed by atoms with E-state index in [0.29, 0.717) is 43.3 Å². The Morgan fingerprint density at radius 1 is 1.14 bits per heavy atom. The van der Waals surface area contributed by atoms with Gasteiger partial charge in [0.25, 0.3) is 5.91 Å². The molecule has 0 spiro atoms. The number of nitrogens with zero attached hydrogens (tertiary/aromatic N) is 4. The van der Waals surface area contributed by atoms with Crippen LogP contribution in [0.5, 0.6) is 0 Å². The number of pyridine rings is 1. The third kappa shape index (κ3) is 4.27. The molecule has 8 nitrogen and oxygen atoms in total. The highest BCUT2D eigenvalue weighted by molar-refractivity contribution is 6.07. The van der Waals surface area contributed by atoms with E-state index in [1.807, 2.05) is 43.6 Å². The van der Waals surface area contributed by atoms with Crippen molar-refractivity contribution in [2.75, 3.05) is 32.8 Å². The van der Waals surface area contributed by atoms with Gasteiger partial charge >= 0.3 is 0 Å². The van der Waals surface area contributed by atoms with Gasteiger partial charge in [-0.1, -0.05) is 18.2 Å². The minimum atomic E-state index is -0.226. The average molecular weight is 393 g/mol. The van der Waals surface area contributed by atoms with Crippen molar-refractivity contribution >= 4 is 22.7 Å². The van der Waals surface area contributed by atoms with Crippen LogP contribution in [0.1, 0.15) is 16.8 Å². The van der Waals surface area contributed by atoms with Crippen molar-refractivity contribution in [2.45, 2.75) is 6.42 Å². The second kappa shape index (κ2) is 8.40. The predicted octanol–water partition coefficient (Wildman–Crippen LogP) is 1.61. The summed E-state index contributed by atoms with van der Waals surface area (Å²) in [6.07, 6.45) is 2.10. The Kier molecular flexibility index (Phi) is 5.53. The summed E-state index contributed by atoms with van der Waals surface area (Å²) in [7, 11) is 1.84. The number of amides is 2. The number of fused-ring (bicyclic) bond motifs is 1. The van der Waals surface area contributed by atoms with E-state index < -0.39 is 0 Å². The van der Waals surface area contributed by atoms with Crippen LogP contribution in [-0.4, -0.2) is 64.3 Å². The van der Waals surface area contributed by atoms with Gasteiger partial charge in [-0.15, -0.1) is 0 Å². The Morgan fingerprint density at radius 3 is 2.69 bits per heavy atom. The summed E-state index contributed by atoms with van der Waals surface area (Å²) in [5.74, 6) is -0.196. The van der Waals surface area contributed by atoms with Crippen LogP contribution in [0, 0.1) is 0 Å². The first-order valence-corrected chi connectivity index (χ1v) is 9.65. The first kappa shape index (κ1) is 19.1. The zero-order valence-electron chi connectivity index (χ0n) is 16.3. The molecule has 29 heavy (non-hydrogen) atoms. The molecule has 1 N–H and O–H groups in total. The average Bonchev–Trinajstić information content (AvgIpc) is 3.19. The second-order valence-corrected chi connectivity index (χ2v) is 6.95. The lowest BCUT2D eigenvalue weighted by Crippen LogP contribution is -2.42. The molecular weight excluding hydrogens is 370 g/mol. The highest BCUT2D eigenvalue weighted by atomic mass is 16.5. The molecular formula is C21H23N5O3. The molecule has 1 saturated heterocycles. The molecule has 0 saturated carbocycles. The number of hydrogen-bond donors (Lipinski definition) is 1. The monoisotopic (exact) mass is 393 g/mol. The van der Waals surface area contributed by atoms with Crippen molar-refractivity contribution in [1.82, 2.24) is 25.0 Å². The Labute approximate surface area is 168 Å². The molecule has 150 valence electrons. The fourth-order valence-electron chi connectivity index (χ4n) is 3.40. The molecule has 0 bridgehead atoms. The van der Waals surface area contributed by atoms with Crippen molar-refractivity contribution in [3.63, 3.8) is 0 Å². The number of carbonyl (C=O) groups excluding carboxylic acids is 2. The number of carbonyl (C=O) groups is 2. The van der Waals surface area contributed by atoms with Crippen LogP contribution in [0.25, 0.3) is 22.3 Å². The highest BCUT2D eigenvalue weighted by Crippen LogP contribution is 2.23. The fourth-order valence-corrected chi connectivity index (χ4v) is 3.40. The topological polar surface area (TPSA) is 89.4 Å². The highest BCUT2D eigenvalue weighted by Gasteiger charge is 2.18.